The molecule has 1 aliphatic rings. The van der Waals surface area contributed by atoms with E-state index in [0.717, 1.165) is 57.1 Å². The lowest BCUT2D eigenvalue weighted by Gasteiger charge is -2.26. The lowest BCUT2D eigenvalue weighted by atomic mass is 10.2. The molecular formula is C15H24N2O2. The minimum Gasteiger partial charge on any atom is -0.353 e. The summed E-state index contributed by atoms with van der Waals surface area (Å²) < 4.78 is 11.2. The molecule has 0 atom stereocenters. The Labute approximate surface area is 115 Å². The molecule has 4 heteroatoms. The minimum atomic E-state index is -0.0201. The molecule has 1 aliphatic heterocycles. The van der Waals surface area contributed by atoms with Gasteiger partial charge in [-0.1, -0.05) is 13.0 Å². The summed E-state index contributed by atoms with van der Waals surface area (Å²) in [5.74, 6) is 0. The Kier molecular flexibility index (Phi) is 5.76. The van der Waals surface area contributed by atoms with Gasteiger partial charge in [-0.25, -0.2) is 0 Å². The van der Waals surface area contributed by atoms with Crippen molar-refractivity contribution in [1.82, 2.24) is 9.88 Å². The summed E-state index contributed by atoms with van der Waals surface area (Å²) in [6.07, 6.45) is 1.93. The van der Waals surface area contributed by atoms with E-state index < -0.39 is 0 Å². The van der Waals surface area contributed by atoms with Crippen LogP contribution in [0.1, 0.15) is 31.2 Å². The highest BCUT2D eigenvalue weighted by Gasteiger charge is 2.15. The normalized spacial score (nSPS) is 17.0. The predicted molar refractivity (Wildman–Crippen MR) is 74.9 cm³/mol. The summed E-state index contributed by atoms with van der Waals surface area (Å²) in [7, 11) is 0. The third-order valence-electron chi connectivity index (χ3n) is 3.36. The highest BCUT2D eigenvalue weighted by atomic mass is 16.7. The molecule has 1 aromatic heterocycles. The van der Waals surface area contributed by atoms with Crippen LogP contribution < -0.4 is 0 Å². The Hall–Kier alpha value is -0.970. The second-order valence-corrected chi connectivity index (χ2v) is 4.95. The summed E-state index contributed by atoms with van der Waals surface area (Å²) in [4.78, 5) is 6.93. The van der Waals surface area contributed by atoms with Gasteiger partial charge in [0.1, 0.15) is 0 Å². The zero-order chi connectivity index (χ0) is 13.5. The maximum atomic E-state index is 5.58. The number of hydrogen-bond donors (Lipinski definition) is 0. The van der Waals surface area contributed by atoms with Crippen LogP contribution in [0.3, 0.4) is 0 Å². The van der Waals surface area contributed by atoms with Crippen LogP contribution in [-0.2, 0) is 16.0 Å². The van der Waals surface area contributed by atoms with E-state index in [0.29, 0.717) is 0 Å². The molecule has 4 nitrogen and oxygen atoms in total. The van der Waals surface area contributed by atoms with Gasteiger partial charge in [0.05, 0.1) is 18.9 Å². The maximum Gasteiger partial charge on any atom is 0.158 e. The predicted octanol–water partition coefficient (Wildman–Crippen LogP) is 2.37. The lowest BCUT2D eigenvalue weighted by Crippen LogP contribution is -2.31. The van der Waals surface area contributed by atoms with E-state index in [2.05, 4.69) is 28.9 Å². The molecule has 0 unspecified atom stereocenters. The van der Waals surface area contributed by atoms with Crippen molar-refractivity contribution >= 4 is 0 Å². The molecule has 1 fully saturated rings. The van der Waals surface area contributed by atoms with Gasteiger partial charge in [0, 0.05) is 25.2 Å². The van der Waals surface area contributed by atoms with Crippen molar-refractivity contribution in [2.75, 3.05) is 26.3 Å². The van der Waals surface area contributed by atoms with Crippen LogP contribution in [0.25, 0.3) is 0 Å². The monoisotopic (exact) mass is 264 g/mol. The average molecular weight is 264 g/mol. The minimum absolute atomic E-state index is 0.0201. The van der Waals surface area contributed by atoms with Crippen LogP contribution in [0.4, 0.5) is 0 Å². The summed E-state index contributed by atoms with van der Waals surface area (Å²) in [6, 6.07) is 6.19. The lowest BCUT2D eigenvalue weighted by molar-refractivity contribution is -0.182. The topological polar surface area (TPSA) is 34.6 Å². The molecule has 1 saturated heterocycles. The van der Waals surface area contributed by atoms with Gasteiger partial charge < -0.3 is 9.47 Å². The first-order valence-corrected chi connectivity index (χ1v) is 7.16. The zero-order valence-corrected chi connectivity index (χ0v) is 12.0. The third-order valence-corrected chi connectivity index (χ3v) is 3.36. The van der Waals surface area contributed by atoms with E-state index in [1.54, 1.807) is 0 Å². The van der Waals surface area contributed by atoms with Gasteiger partial charge >= 0.3 is 0 Å². The molecule has 2 heterocycles. The van der Waals surface area contributed by atoms with Crippen molar-refractivity contribution in [3.63, 3.8) is 0 Å². The third kappa shape index (κ3) is 4.90. The molecule has 2 rings (SSSR count). The molecule has 0 aliphatic carbocycles. The van der Waals surface area contributed by atoms with E-state index >= 15 is 0 Å². The van der Waals surface area contributed by atoms with Crippen molar-refractivity contribution in [3.05, 3.63) is 29.6 Å². The van der Waals surface area contributed by atoms with E-state index in [9.17, 15) is 0 Å². The number of aromatic nitrogens is 1. The Morgan fingerprint density at radius 1 is 1.32 bits per heavy atom. The van der Waals surface area contributed by atoms with Crippen molar-refractivity contribution in [2.45, 2.75) is 39.5 Å². The molecule has 106 valence electrons. The van der Waals surface area contributed by atoms with Crippen molar-refractivity contribution in [2.24, 2.45) is 0 Å². The average Bonchev–Trinajstić information content (AvgIpc) is 2.44. The fraction of sp³-hybridized carbons (Fsp3) is 0.667. The summed E-state index contributed by atoms with van der Waals surface area (Å²) >= 11 is 0. The van der Waals surface area contributed by atoms with Gasteiger partial charge in [0.15, 0.2) is 6.29 Å². The quantitative estimate of drug-likeness (QED) is 0.790. The molecule has 0 radical (unpaired) electrons. The molecule has 0 spiro atoms. The van der Waals surface area contributed by atoms with Crippen LogP contribution in [0.5, 0.6) is 0 Å². The molecule has 1 aromatic rings. The summed E-state index contributed by atoms with van der Waals surface area (Å²) in [6.45, 7) is 8.76. The van der Waals surface area contributed by atoms with Gasteiger partial charge in [0.2, 0.25) is 0 Å². The second kappa shape index (κ2) is 7.58. The van der Waals surface area contributed by atoms with Crippen molar-refractivity contribution < 1.29 is 9.47 Å². The zero-order valence-electron chi connectivity index (χ0n) is 12.0. The first kappa shape index (κ1) is 14.4. The van der Waals surface area contributed by atoms with E-state index in [1.807, 2.05) is 13.0 Å². The highest BCUT2D eigenvalue weighted by Crippen LogP contribution is 2.11. The van der Waals surface area contributed by atoms with E-state index in [1.165, 1.54) is 0 Å². The standard InChI is InChI=1S/C15H24N2O2/c1-3-17(9-8-15-18-10-5-11-19-15)12-14-7-4-6-13(2)16-14/h4,6-7,15H,3,5,8-12H2,1-2H3. The van der Waals surface area contributed by atoms with E-state index in [-0.39, 0.29) is 6.29 Å². The molecule has 19 heavy (non-hydrogen) atoms. The number of pyridine rings is 1. The molecule has 0 amide bonds. The number of ether oxygens (including phenoxy) is 2. The van der Waals surface area contributed by atoms with Crippen LogP contribution in [0.15, 0.2) is 18.2 Å². The Bertz CT molecular complexity index is 378. The number of rotatable bonds is 6. The Morgan fingerprint density at radius 3 is 2.79 bits per heavy atom. The van der Waals surface area contributed by atoms with Crippen molar-refractivity contribution in [3.8, 4) is 0 Å². The van der Waals surface area contributed by atoms with Crippen LogP contribution in [-0.4, -0.2) is 42.5 Å². The van der Waals surface area contributed by atoms with Crippen LogP contribution >= 0.6 is 0 Å². The fourth-order valence-electron chi connectivity index (χ4n) is 2.26. The molecule has 0 saturated carbocycles. The van der Waals surface area contributed by atoms with Gasteiger partial charge in [-0.05, 0) is 32.0 Å². The molecule has 0 aromatic carbocycles. The van der Waals surface area contributed by atoms with Gasteiger partial charge in [-0.15, -0.1) is 0 Å². The summed E-state index contributed by atoms with van der Waals surface area (Å²) in [5.41, 5.74) is 2.21. The molecular weight excluding hydrogens is 240 g/mol. The first-order valence-electron chi connectivity index (χ1n) is 7.16. The fourth-order valence-corrected chi connectivity index (χ4v) is 2.26. The smallest absolute Gasteiger partial charge is 0.158 e. The molecule has 0 bridgehead atoms. The van der Waals surface area contributed by atoms with Crippen LogP contribution in [0.2, 0.25) is 0 Å². The highest BCUT2D eigenvalue weighted by molar-refractivity contribution is 5.09. The second-order valence-electron chi connectivity index (χ2n) is 4.95. The molecule has 0 N–H and O–H groups in total. The van der Waals surface area contributed by atoms with Crippen LogP contribution in [0, 0.1) is 6.92 Å². The SMILES string of the molecule is CCN(CCC1OCCCO1)Cc1cccc(C)n1. The Balaban J connectivity index is 1.79. The largest absolute Gasteiger partial charge is 0.353 e. The van der Waals surface area contributed by atoms with Gasteiger partial charge in [-0.3, -0.25) is 9.88 Å². The number of nitrogens with zero attached hydrogens (tertiary/aromatic N) is 2. The van der Waals surface area contributed by atoms with Gasteiger partial charge in [-0.2, -0.15) is 0 Å². The number of hydrogen-bond acceptors (Lipinski definition) is 4. The van der Waals surface area contributed by atoms with E-state index in [4.69, 9.17) is 9.47 Å². The maximum absolute atomic E-state index is 5.58. The first-order chi connectivity index (χ1) is 9.28. The number of aryl methyl sites for hydroxylation is 1. The summed E-state index contributed by atoms with van der Waals surface area (Å²) in [5, 5.41) is 0. The van der Waals surface area contributed by atoms with Crippen molar-refractivity contribution in [1.29, 1.82) is 0 Å². The van der Waals surface area contributed by atoms with Gasteiger partial charge in [0.25, 0.3) is 0 Å². The Morgan fingerprint density at radius 2 is 2.11 bits per heavy atom.